The molecule has 4 heteroatoms. The van der Waals surface area contributed by atoms with Gasteiger partial charge >= 0.3 is 23.0 Å². The fraction of sp³-hybridized carbons (Fsp3) is 0.0833. The van der Waals surface area contributed by atoms with Crippen LogP contribution in [-0.4, -0.2) is 11.1 Å². The van der Waals surface area contributed by atoms with E-state index < -0.39 is 5.97 Å². The first-order chi connectivity index (χ1) is 6.73. The van der Waals surface area contributed by atoms with E-state index in [4.69, 9.17) is 9.90 Å². The molecule has 0 amide bonds. The first-order valence-electron chi connectivity index (χ1n) is 3.95. The zero-order chi connectivity index (χ0) is 10.6. The summed E-state index contributed by atoms with van der Waals surface area (Å²) in [4.78, 5) is 9.11. The second-order valence-electron chi connectivity index (χ2n) is 2.20. The SMILES string of the molecule is CC(=O)[OH2+].[Fe+2].[Hg].[c-]1[c-][c-][cH-][c-]1.c1cc[cH-]c1. The summed E-state index contributed by atoms with van der Waals surface area (Å²) in [6.45, 7) is 1.19. The third-order valence-corrected chi connectivity index (χ3v) is 0.907. The molecule has 2 nitrogen and oxygen atoms in total. The van der Waals surface area contributed by atoms with Crippen molar-refractivity contribution in [2.24, 2.45) is 0 Å². The molecule has 2 aromatic carbocycles. The van der Waals surface area contributed by atoms with E-state index in [1.165, 1.54) is 6.92 Å². The first-order valence-corrected chi connectivity index (χ1v) is 3.95. The van der Waals surface area contributed by atoms with E-state index in [0.29, 0.717) is 0 Å². The predicted octanol–water partition coefficient (Wildman–Crippen LogP) is 1.26. The normalized spacial score (nSPS) is 6.56. The minimum absolute atomic E-state index is 0. The van der Waals surface area contributed by atoms with Crippen LogP contribution in [0.5, 0.6) is 0 Å². The van der Waals surface area contributed by atoms with Crippen molar-refractivity contribution in [3.05, 3.63) is 60.7 Å². The molecule has 0 fully saturated rings. The molecule has 0 saturated carbocycles. The van der Waals surface area contributed by atoms with Crippen LogP contribution in [0.4, 0.5) is 0 Å². The monoisotopic (exact) mass is 445 g/mol. The van der Waals surface area contributed by atoms with Gasteiger partial charge in [-0.2, -0.15) is 18.2 Å². The average molecular weight is 444 g/mol. The molecule has 0 spiro atoms. The summed E-state index contributed by atoms with van der Waals surface area (Å²) in [5, 5.41) is 5.94. The Morgan fingerprint density at radius 2 is 1.56 bits per heavy atom. The number of rotatable bonds is 0. The van der Waals surface area contributed by atoms with Crippen LogP contribution in [0.3, 0.4) is 0 Å². The van der Waals surface area contributed by atoms with Gasteiger partial charge < -0.3 is 35.4 Å². The van der Waals surface area contributed by atoms with E-state index in [1.54, 1.807) is 6.07 Å². The maximum absolute atomic E-state index is 9.11. The Hall–Kier alpha value is -0.375. The van der Waals surface area contributed by atoms with Crippen molar-refractivity contribution in [2.75, 3.05) is 0 Å². The van der Waals surface area contributed by atoms with Gasteiger partial charge in [0.05, 0.1) is 6.92 Å². The molecule has 2 rings (SSSR count). The third-order valence-electron chi connectivity index (χ3n) is 0.907. The number of hydrogen-bond acceptors (Lipinski definition) is 1. The van der Waals surface area contributed by atoms with Gasteiger partial charge in [0.1, 0.15) is 0 Å². The largest absolute Gasteiger partial charge is 2.00 e. The molecule has 0 heterocycles. The summed E-state index contributed by atoms with van der Waals surface area (Å²) in [5.74, 6) is -0.583. The summed E-state index contributed by atoms with van der Waals surface area (Å²) >= 11 is 0. The number of carbonyl (C=O) groups excluding carboxylic acids is 1. The van der Waals surface area contributed by atoms with Gasteiger partial charge in [-0.25, -0.2) is 12.1 Å². The van der Waals surface area contributed by atoms with E-state index in [9.17, 15) is 0 Å². The van der Waals surface area contributed by atoms with E-state index >= 15 is 0 Å². The van der Waals surface area contributed by atoms with E-state index in [1.807, 2.05) is 30.3 Å². The molecule has 0 bridgehead atoms. The molecule has 0 aliphatic rings. The summed E-state index contributed by atoms with van der Waals surface area (Å²) < 4.78 is 0. The Labute approximate surface area is 127 Å². The minimum atomic E-state index is -0.583. The van der Waals surface area contributed by atoms with Crippen molar-refractivity contribution < 1.29 is 54.6 Å². The van der Waals surface area contributed by atoms with Gasteiger partial charge in [-0.1, -0.05) is 0 Å². The smallest absolute Gasteiger partial charge is 0.999 e. The molecule has 0 atom stereocenters. The standard InChI is InChI=1S/C5H5.C5H.C2H4O2.Fe.Hg/c2*1-2-4-5-3-1;1-2(3)4;;/h1-5H;1H;1H3,(H,3,4);;/q-1;-5;;+2;/p+1. The molecule has 2 N–H and O–H groups in total. The van der Waals surface area contributed by atoms with Crippen LogP contribution in [0.25, 0.3) is 0 Å². The van der Waals surface area contributed by atoms with Crippen molar-refractivity contribution >= 4 is 5.97 Å². The molecule has 2 aromatic rings. The van der Waals surface area contributed by atoms with Gasteiger partial charge in [-0.3, -0.25) is 0 Å². The average Bonchev–Trinajstić information content (AvgIpc) is 2.83. The minimum Gasteiger partial charge on any atom is -0.999 e. The maximum Gasteiger partial charge on any atom is 2.00 e. The van der Waals surface area contributed by atoms with E-state index in [-0.39, 0.29) is 44.7 Å². The van der Waals surface area contributed by atoms with Crippen molar-refractivity contribution in [1.29, 1.82) is 0 Å². The van der Waals surface area contributed by atoms with Crippen molar-refractivity contribution in [3.63, 3.8) is 0 Å². The van der Waals surface area contributed by atoms with Gasteiger partial charge in [0.25, 0.3) is 0 Å². The van der Waals surface area contributed by atoms with Crippen LogP contribution in [0.1, 0.15) is 6.92 Å². The Morgan fingerprint density at radius 3 is 1.69 bits per heavy atom. The van der Waals surface area contributed by atoms with Crippen LogP contribution in [0, 0.1) is 24.3 Å². The zero-order valence-corrected chi connectivity index (χ0v) is 15.5. The Balaban J connectivity index is -0.000000151. The topological polar surface area (TPSA) is 40.0 Å². The van der Waals surface area contributed by atoms with E-state index in [0.717, 1.165) is 0 Å². The van der Waals surface area contributed by atoms with Crippen LogP contribution >= 0.6 is 0 Å². The summed E-state index contributed by atoms with van der Waals surface area (Å²) in [7, 11) is 0. The van der Waals surface area contributed by atoms with Crippen LogP contribution < -0.4 is 0 Å². The number of carbonyl (C=O) groups is 1. The second kappa shape index (κ2) is 17.0. The summed E-state index contributed by atoms with van der Waals surface area (Å²) in [5.41, 5.74) is 0. The maximum atomic E-state index is 9.11. The van der Waals surface area contributed by atoms with Gasteiger partial charge in [-0.15, -0.1) is 0 Å². The van der Waals surface area contributed by atoms with Gasteiger partial charge in [0.15, 0.2) is 0 Å². The third kappa shape index (κ3) is 23.4. The summed E-state index contributed by atoms with van der Waals surface area (Å²) in [6, 6.07) is 22.0. The molecule has 16 heavy (non-hydrogen) atoms. The van der Waals surface area contributed by atoms with E-state index in [2.05, 4.69) is 24.3 Å². The van der Waals surface area contributed by atoms with Gasteiger partial charge in [0, 0.05) is 32.5 Å². The fourth-order valence-corrected chi connectivity index (χ4v) is 0.501. The molecule has 0 aliphatic heterocycles. The molecular weight excluding hydrogens is 433 g/mol. The summed E-state index contributed by atoms with van der Waals surface area (Å²) in [6.07, 6.45) is 0. The zero-order valence-electron chi connectivity index (χ0n) is 8.93. The molecule has 0 aromatic heterocycles. The second-order valence-corrected chi connectivity index (χ2v) is 2.20. The van der Waals surface area contributed by atoms with Crippen LogP contribution in [0.15, 0.2) is 36.4 Å². The molecule has 0 aliphatic carbocycles. The predicted molar refractivity (Wildman–Crippen MR) is 53.7 cm³/mol. The Morgan fingerprint density at radius 1 is 1.19 bits per heavy atom. The van der Waals surface area contributed by atoms with Crippen LogP contribution in [-0.2, 0) is 49.5 Å². The van der Waals surface area contributed by atoms with Crippen molar-refractivity contribution in [1.82, 2.24) is 0 Å². The van der Waals surface area contributed by atoms with Crippen LogP contribution in [0.2, 0.25) is 0 Å². The van der Waals surface area contributed by atoms with Crippen molar-refractivity contribution in [3.8, 4) is 0 Å². The Kier molecular flexibility index (Phi) is 22.3. The molecule has 0 saturated heterocycles. The first kappa shape index (κ1) is 21.0. The fourth-order valence-electron chi connectivity index (χ4n) is 0.501. The molecular formula is C12H11FeHgO2-3. The molecule has 0 unspecified atom stereocenters. The quantitative estimate of drug-likeness (QED) is 0.343. The molecule has 0 radical (unpaired) electrons. The van der Waals surface area contributed by atoms with Gasteiger partial charge in [-0.05, 0) is 0 Å². The Bertz CT molecular complexity index is 226. The number of hydrogen-bond donors (Lipinski definition) is 0. The van der Waals surface area contributed by atoms with Gasteiger partial charge in [0.2, 0.25) is 0 Å². The molecule has 84 valence electrons. The van der Waals surface area contributed by atoms with Crippen molar-refractivity contribution in [2.45, 2.75) is 6.92 Å².